The van der Waals surface area contributed by atoms with Crippen LogP contribution in [0.4, 0.5) is 4.79 Å². The normalized spacial score (nSPS) is 16.0. The molecular formula is C18H22N4O3. The number of urea groups is 1. The summed E-state index contributed by atoms with van der Waals surface area (Å²) in [6.45, 7) is 1.73. The summed E-state index contributed by atoms with van der Waals surface area (Å²) >= 11 is 0. The van der Waals surface area contributed by atoms with Crippen molar-refractivity contribution in [2.24, 2.45) is 5.16 Å². The van der Waals surface area contributed by atoms with Crippen LogP contribution >= 0.6 is 0 Å². The second kappa shape index (κ2) is 8.23. The third-order valence-electron chi connectivity index (χ3n) is 3.97. The molecule has 1 aromatic heterocycles. The van der Waals surface area contributed by atoms with Crippen molar-refractivity contribution >= 4 is 11.7 Å². The number of aromatic nitrogens is 1. The summed E-state index contributed by atoms with van der Waals surface area (Å²) in [7, 11) is 1.64. The van der Waals surface area contributed by atoms with Gasteiger partial charge in [0.1, 0.15) is 5.75 Å². The number of benzene rings is 1. The Morgan fingerprint density at radius 2 is 2.04 bits per heavy atom. The van der Waals surface area contributed by atoms with Gasteiger partial charge >= 0.3 is 6.03 Å². The molecule has 0 bridgehead atoms. The van der Waals surface area contributed by atoms with Crippen LogP contribution in [0.3, 0.4) is 0 Å². The molecule has 25 heavy (non-hydrogen) atoms. The maximum atomic E-state index is 11.8. The lowest BCUT2D eigenvalue weighted by atomic mass is 10.0. The quantitative estimate of drug-likeness (QED) is 0.808. The summed E-state index contributed by atoms with van der Waals surface area (Å²) in [5.74, 6) is 0.804. The smallest absolute Gasteiger partial charge is 0.314 e. The number of carbonyl (C=O) groups is 1. The van der Waals surface area contributed by atoms with Crippen LogP contribution in [0.2, 0.25) is 0 Å². The minimum Gasteiger partial charge on any atom is -0.497 e. The van der Waals surface area contributed by atoms with Gasteiger partial charge < -0.3 is 24.8 Å². The molecular weight excluding hydrogens is 320 g/mol. The van der Waals surface area contributed by atoms with Crippen LogP contribution in [-0.4, -0.2) is 42.6 Å². The van der Waals surface area contributed by atoms with Crippen LogP contribution in [0.1, 0.15) is 12.0 Å². The molecule has 132 valence electrons. The zero-order valence-corrected chi connectivity index (χ0v) is 14.1. The van der Waals surface area contributed by atoms with Crippen LogP contribution in [0.5, 0.6) is 5.75 Å². The van der Waals surface area contributed by atoms with Crippen LogP contribution in [0.25, 0.3) is 0 Å². The summed E-state index contributed by atoms with van der Waals surface area (Å²) < 4.78 is 7.16. The van der Waals surface area contributed by atoms with Gasteiger partial charge in [-0.3, -0.25) is 0 Å². The Labute approximate surface area is 146 Å². The molecule has 2 heterocycles. The highest BCUT2D eigenvalue weighted by atomic mass is 16.6. The molecule has 1 atom stereocenters. The van der Waals surface area contributed by atoms with Gasteiger partial charge in [0.05, 0.1) is 19.4 Å². The standard InChI is InChI=1S/C18H22N4O3/c1-24-15-6-4-14(5-7-15)17-12-16(25-21-17)13-20-18(23)19-8-11-22-9-2-3-10-22/h2-7,9-10,16H,8,11-13H2,1H3,(H2,19,20,23)/t16-/m1/s1. The van der Waals surface area contributed by atoms with E-state index < -0.39 is 0 Å². The van der Waals surface area contributed by atoms with Crippen LogP contribution in [0.15, 0.2) is 53.9 Å². The van der Waals surface area contributed by atoms with Crippen molar-refractivity contribution in [2.75, 3.05) is 20.2 Å². The third-order valence-corrected chi connectivity index (χ3v) is 3.97. The monoisotopic (exact) mass is 342 g/mol. The summed E-state index contributed by atoms with van der Waals surface area (Å²) in [5.41, 5.74) is 1.88. The van der Waals surface area contributed by atoms with E-state index in [-0.39, 0.29) is 12.1 Å². The van der Waals surface area contributed by atoms with E-state index in [0.29, 0.717) is 19.5 Å². The first-order valence-corrected chi connectivity index (χ1v) is 8.24. The minimum atomic E-state index is -0.200. The second-order valence-electron chi connectivity index (χ2n) is 5.76. The van der Waals surface area contributed by atoms with Gasteiger partial charge in [-0.05, 0) is 42.0 Å². The molecule has 7 heteroatoms. The molecule has 2 N–H and O–H groups in total. The number of rotatable bonds is 7. The van der Waals surface area contributed by atoms with Crippen molar-refractivity contribution in [1.29, 1.82) is 0 Å². The van der Waals surface area contributed by atoms with Crippen molar-refractivity contribution < 1.29 is 14.4 Å². The molecule has 0 fully saturated rings. The zero-order chi connectivity index (χ0) is 17.5. The first kappa shape index (κ1) is 16.9. The fourth-order valence-electron chi connectivity index (χ4n) is 2.58. The first-order chi connectivity index (χ1) is 12.2. The Morgan fingerprint density at radius 1 is 1.28 bits per heavy atom. The van der Waals surface area contributed by atoms with E-state index in [4.69, 9.17) is 9.57 Å². The molecule has 1 aromatic carbocycles. The molecule has 1 aliphatic rings. The molecule has 0 aliphatic carbocycles. The minimum absolute atomic E-state index is 0.146. The van der Waals surface area contributed by atoms with Crippen LogP contribution in [-0.2, 0) is 11.4 Å². The van der Waals surface area contributed by atoms with E-state index in [1.165, 1.54) is 0 Å². The lowest BCUT2D eigenvalue weighted by molar-refractivity contribution is 0.0865. The van der Waals surface area contributed by atoms with E-state index in [0.717, 1.165) is 23.6 Å². The maximum absolute atomic E-state index is 11.8. The van der Waals surface area contributed by atoms with Crippen LogP contribution < -0.4 is 15.4 Å². The third kappa shape index (κ3) is 4.76. The highest BCUT2D eigenvalue weighted by Gasteiger charge is 2.22. The number of ether oxygens (including phenoxy) is 1. The maximum Gasteiger partial charge on any atom is 0.314 e. The summed E-state index contributed by atoms with van der Waals surface area (Å²) in [6.07, 6.45) is 4.44. The Balaban J connectivity index is 1.36. The lowest BCUT2D eigenvalue weighted by Crippen LogP contribution is -2.40. The lowest BCUT2D eigenvalue weighted by Gasteiger charge is -2.11. The van der Waals surface area contributed by atoms with E-state index >= 15 is 0 Å². The van der Waals surface area contributed by atoms with Crippen molar-refractivity contribution in [3.63, 3.8) is 0 Å². The number of oxime groups is 1. The first-order valence-electron chi connectivity index (χ1n) is 8.24. The second-order valence-corrected chi connectivity index (χ2v) is 5.76. The van der Waals surface area contributed by atoms with Gasteiger partial charge in [0.15, 0.2) is 6.10 Å². The van der Waals surface area contributed by atoms with Gasteiger partial charge in [0.2, 0.25) is 0 Å². The van der Waals surface area contributed by atoms with Crippen molar-refractivity contribution in [3.8, 4) is 5.75 Å². The molecule has 0 unspecified atom stereocenters. The topological polar surface area (TPSA) is 76.9 Å². The summed E-state index contributed by atoms with van der Waals surface area (Å²) in [6, 6.07) is 11.4. The zero-order valence-electron chi connectivity index (χ0n) is 14.1. The van der Waals surface area contributed by atoms with Gasteiger partial charge in [-0.15, -0.1) is 0 Å². The van der Waals surface area contributed by atoms with Crippen LogP contribution in [0, 0.1) is 0 Å². The Bertz CT molecular complexity index is 710. The fraction of sp³-hybridized carbons (Fsp3) is 0.333. The SMILES string of the molecule is COc1ccc(C2=NO[C@@H](CNC(=O)NCCn3cccc3)C2)cc1. The van der Waals surface area contributed by atoms with E-state index in [1.807, 2.05) is 53.4 Å². The average molecular weight is 342 g/mol. The van der Waals surface area contributed by atoms with Crippen molar-refractivity contribution in [2.45, 2.75) is 19.1 Å². The summed E-state index contributed by atoms with van der Waals surface area (Å²) in [4.78, 5) is 17.2. The molecule has 2 aromatic rings. The highest BCUT2D eigenvalue weighted by molar-refractivity contribution is 6.01. The molecule has 3 rings (SSSR count). The molecule has 0 saturated heterocycles. The number of carbonyl (C=O) groups excluding carboxylic acids is 1. The molecule has 2 amide bonds. The Hall–Kier alpha value is -2.96. The Morgan fingerprint density at radius 3 is 2.76 bits per heavy atom. The Kier molecular flexibility index (Phi) is 5.56. The molecule has 0 radical (unpaired) electrons. The highest BCUT2D eigenvalue weighted by Crippen LogP contribution is 2.18. The molecule has 0 saturated carbocycles. The van der Waals surface area contributed by atoms with Gasteiger partial charge in [-0.1, -0.05) is 5.16 Å². The van der Waals surface area contributed by atoms with E-state index in [1.54, 1.807) is 7.11 Å². The van der Waals surface area contributed by atoms with Crippen molar-refractivity contribution in [3.05, 3.63) is 54.4 Å². The van der Waals surface area contributed by atoms with E-state index in [2.05, 4.69) is 15.8 Å². The van der Waals surface area contributed by atoms with Gasteiger partial charge in [-0.25, -0.2) is 4.79 Å². The molecule has 0 spiro atoms. The number of methoxy groups -OCH3 is 1. The van der Waals surface area contributed by atoms with Gasteiger partial charge in [0.25, 0.3) is 0 Å². The molecule has 1 aliphatic heterocycles. The largest absolute Gasteiger partial charge is 0.497 e. The fourth-order valence-corrected chi connectivity index (χ4v) is 2.58. The van der Waals surface area contributed by atoms with Gasteiger partial charge in [0, 0.05) is 31.9 Å². The number of hydrogen-bond acceptors (Lipinski definition) is 4. The molecule has 7 nitrogen and oxygen atoms in total. The van der Waals surface area contributed by atoms with Crippen molar-refractivity contribution in [1.82, 2.24) is 15.2 Å². The van der Waals surface area contributed by atoms with E-state index in [9.17, 15) is 4.79 Å². The summed E-state index contributed by atoms with van der Waals surface area (Å²) in [5, 5.41) is 9.76. The number of hydrogen-bond donors (Lipinski definition) is 2. The average Bonchev–Trinajstić information content (AvgIpc) is 3.32. The number of nitrogens with one attached hydrogen (secondary N) is 2. The predicted molar refractivity (Wildman–Crippen MR) is 94.9 cm³/mol. The number of nitrogens with zero attached hydrogens (tertiary/aromatic N) is 2. The van der Waals surface area contributed by atoms with Gasteiger partial charge in [-0.2, -0.15) is 0 Å². The predicted octanol–water partition coefficient (Wildman–Crippen LogP) is 1.99. The number of amides is 2.